The van der Waals surface area contributed by atoms with E-state index >= 15 is 0 Å². The van der Waals surface area contributed by atoms with E-state index in [4.69, 9.17) is 38.4 Å². The molecule has 1 aromatic carbocycles. The van der Waals surface area contributed by atoms with E-state index in [0.29, 0.717) is 34.8 Å². The van der Waals surface area contributed by atoms with Crippen molar-refractivity contribution in [1.29, 1.82) is 0 Å². The van der Waals surface area contributed by atoms with Gasteiger partial charge in [-0.3, -0.25) is 4.79 Å². The number of rotatable bonds is 2. The minimum atomic E-state index is -0.777. The fraction of sp³-hybridized carbons (Fsp3) is 0.368. The van der Waals surface area contributed by atoms with Gasteiger partial charge in [0, 0.05) is 18.4 Å². The standard InChI is InChI=1S/C19H19Cl2NO4/c1-19(2)7-11(23)14-12(8-19)26-17(22)15(18(24)25-3)13(14)9-5-4-6-10(20)16(9)21/h4-6,13H,7-8,22H2,1-3H3/t13-/m1/s1. The number of hydrogen-bond donors (Lipinski definition) is 1. The van der Waals surface area contributed by atoms with Crippen LogP contribution in [0, 0.1) is 5.41 Å². The van der Waals surface area contributed by atoms with Crippen LogP contribution in [0.5, 0.6) is 0 Å². The molecule has 0 saturated carbocycles. The number of esters is 1. The van der Waals surface area contributed by atoms with Gasteiger partial charge in [0.1, 0.15) is 11.3 Å². The molecule has 0 amide bonds. The summed E-state index contributed by atoms with van der Waals surface area (Å²) < 4.78 is 10.6. The molecule has 0 spiro atoms. The molecule has 2 N–H and O–H groups in total. The second kappa shape index (κ2) is 6.63. The first kappa shape index (κ1) is 18.8. The van der Waals surface area contributed by atoms with Crippen molar-refractivity contribution in [1.82, 2.24) is 0 Å². The summed E-state index contributed by atoms with van der Waals surface area (Å²) >= 11 is 12.6. The number of halogens is 2. The van der Waals surface area contributed by atoms with Gasteiger partial charge in [0.05, 0.1) is 23.1 Å². The van der Waals surface area contributed by atoms with Gasteiger partial charge in [-0.2, -0.15) is 0 Å². The molecule has 1 aliphatic heterocycles. The highest BCUT2D eigenvalue weighted by molar-refractivity contribution is 6.42. The van der Waals surface area contributed by atoms with Crippen LogP contribution in [0.25, 0.3) is 0 Å². The molecule has 0 saturated heterocycles. The van der Waals surface area contributed by atoms with E-state index in [1.807, 2.05) is 13.8 Å². The zero-order chi connectivity index (χ0) is 19.2. The van der Waals surface area contributed by atoms with Gasteiger partial charge in [-0.25, -0.2) is 4.79 Å². The predicted molar refractivity (Wildman–Crippen MR) is 98.6 cm³/mol. The minimum absolute atomic E-state index is 0.0588. The number of carbonyl (C=O) groups excluding carboxylic acids is 2. The lowest BCUT2D eigenvalue weighted by atomic mass is 9.70. The molecule has 1 aromatic rings. The van der Waals surface area contributed by atoms with Crippen molar-refractivity contribution < 1.29 is 19.1 Å². The quantitative estimate of drug-likeness (QED) is 0.762. The highest BCUT2D eigenvalue weighted by atomic mass is 35.5. The molecule has 26 heavy (non-hydrogen) atoms. The monoisotopic (exact) mass is 395 g/mol. The second-order valence-electron chi connectivity index (χ2n) is 7.23. The second-order valence-corrected chi connectivity index (χ2v) is 8.01. The number of benzene rings is 1. The fourth-order valence-corrected chi connectivity index (χ4v) is 3.96. The van der Waals surface area contributed by atoms with Crippen LogP contribution < -0.4 is 5.73 Å². The van der Waals surface area contributed by atoms with Crippen molar-refractivity contribution >= 4 is 35.0 Å². The Labute approximate surface area is 161 Å². The molecule has 0 aromatic heterocycles. The maximum Gasteiger partial charge on any atom is 0.340 e. The molecule has 0 unspecified atom stereocenters. The van der Waals surface area contributed by atoms with Crippen molar-refractivity contribution in [3.63, 3.8) is 0 Å². The van der Waals surface area contributed by atoms with E-state index in [0.717, 1.165) is 0 Å². The van der Waals surface area contributed by atoms with Crippen LogP contribution in [0.4, 0.5) is 0 Å². The Morgan fingerprint density at radius 1 is 1.31 bits per heavy atom. The van der Waals surface area contributed by atoms with E-state index in [2.05, 4.69) is 0 Å². The molecule has 5 nitrogen and oxygen atoms in total. The first-order valence-corrected chi connectivity index (χ1v) is 8.88. The van der Waals surface area contributed by atoms with E-state index in [9.17, 15) is 9.59 Å². The van der Waals surface area contributed by atoms with Crippen LogP contribution in [0.15, 0.2) is 41.0 Å². The molecule has 0 fully saturated rings. The lowest BCUT2D eigenvalue weighted by molar-refractivity contribution is -0.136. The highest BCUT2D eigenvalue weighted by Crippen LogP contribution is 2.50. The first-order valence-electron chi connectivity index (χ1n) is 8.12. The normalized spacial score (nSPS) is 22.0. The zero-order valence-corrected chi connectivity index (χ0v) is 16.2. The molecule has 138 valence electrons. The lowest BCUT2D eigenvalue weighted by Gasteiger charge is -2.38. The molecule has 1 aliphatic carbocycles. The molecular formula is C19H19Cl2NO4. The Bertz CT molecular complexity index is 870. The maximum absolute atomic E-state index is 13.0. The summed E-state index contributed by atoms with van der Waals surface area (Å²) in [6.07, 6.45) is 0.857. The SMILES string of the molecule is COC(=O)C1=C(N)OC2=C(C(=O)CC(C)(C)C2)[C@H]1c1cccc(Cl)c1Cl. The van der Waals surface area contributed by atoms with Gasteiger partial charge in [-0.05, 0) is 17.0 Å². The molecule has 3 rings (SSSR count). The minimum Gasteiger partial charge on any atom is -0.465 e. The smallest absolute Gasteiger partial charge is 0.340 e. The molecule has 0 bridgehead atoms. The Balaban J connectivity index is 2.26. The third-order valence-corrected chi connectivity index (χ3v) is 5.49. The molecular weight excluding hydrogens is 377 g/mol. The van der Waals surface area contributed by atoms with Crippen LogP contribution in [-0.2, 0) is 19.1 Å². The van der Waals surface area contributed by atoms with E-state index in [1.54, 1.807) is 18.2 Å². The van der Waals surface area contributed by atoms with Gasteiger partial charge in [0.15, 0.2) is 5.78 Å². The number of carbonyl (C=O) groups is 2. The zero-order valence-electron chi connectivity index (χ0n) is 14.7. The summed E-state index contributed by atoms with van der Waals surface area (Å²) in [5.74, 6) is -1.17. The topological polar surface area (TPSA) is 78.6 Å². The van der Waals surface area contributed by atoms with Gasteiger partial charge in [0.2, 0.25) is 5.88 Å². The Morgan fingerprint density at radius 2 is 2.00 bits per heavy atom. The summed E-state index contributed by atoms with van der Waals surface area (Å²) in [7, 11) is 1.24. The summed E-state index contributed by atoms with van der Waals surface area (Å²) in [4.78, 5) is 25.4. The van der Waals surface area contributed by atoms with Gasteiger partial charge in [-0.15, -0.1) is 0 Å². The van der Waals surface area contributed by atoms with Gasteiger partial charge in [-0.1, -0.05) is 49.2 Å². The molecule has 1 atom stereocenters. The average Bonchev–Trinajstić information content (AvgIpc) is 2.54. The van der Waals surface area contributed by atoms with Crippen molar-refractivity contribution in [3.05, 3.63) is 56.6 Å². The number of ether oxygens (including phenoxy) is 2. The van der Waals surface area contributed by atoms with E-state index in [-0.39, 0.29) is 27.7 Å². The van der Waals surface area contributed by atoms with Gasteiger partial charge in [0.25, 0.3) is 0 Å². The third-order valence-electron chi connectivity index (χ3n) is 4.65. The Morgan fingerprint density at radius 3 is 2.65 bits per heavy atom. The van der Waals surface area contributed by atoms with E-state index < -0.39 is 11.9 Å². The highest BCUT2D eigenvalue weighted by Gasteiger charge is 2.45. The van der Waals surface area contributed by atoms with Crippen LogP contribution in [0.1, 0.15) is 38.2 Å². The molecule has 7 heteroatoms. The number of allylic oxidation sites excluding steroid dienone is 2. The number of nitrogens with two attached hydrogens (primary N) is 1. The summed E-state index contributed by atoms with van der Waals surface area (Å²) in [5.41, 5.74) is 6.76. The van der Waals surface area contributed by atoms with Crippen molar-refractivity contribution in [2.45, 2.75) is 32.6 Å². The van der Waals surface area contributed by atoms with Crippen molar-refractivity contribution in [3.8, 4) is 0 Å². The van der Waals surface area contributed by atoms with Crippen LogP contribution in [0.3, 0.4) is 0 Å². The summed E-state index contributed by atoms with van der Waals surface area (Å²) in [6, 6.07) is 5.07. The maximum atomic E-state index is 13.0. The molecule has 2 aliphatic rings. The third kappa shape index (κ3) is 3.10. The van der Waals surface area contributed by atoms with Crippen molar-refractivity contribution in [2.24, 2.45) is 11.1 Å². The number of methoxy groups -OCH3 is 1. The molecule has 0 radical (unpaired) electrons. The first-order chi connectivity index (χ1) is 12.2. The van der Waals surface area contributed by atoms with Crippen LogP contribution in [-0.4, -0.2) is 18.9 Å². The van der Waals surface area contributed by atoms with Gasteiger partial charge >= 0.3 is 5.97 Å². The summed E-state index contributed by atoms with van der Waals surface area (Å²) in [6.45, 7) is 3.96. The number of ketones is 1. The largest absolute Gasteiger partial charge is 0.465 e. The Hall–Kier alpha value is -1.98. The lowest BCUT2D eigenvalue weighted by Crippen LogP contribution is -2.35. The van der Waals surface area contributed by atoms with E-state index in [1.165, 1.54) is 7.11 Å². The molecule has 1 heterocycles. The fourth-order valence-electron chi connectivity index (χ4n) is 3.55. The Kier molecular flexibility index (Phi) is 4.80. The average molecular weight is 396 g/mol. The van der Waals surface area contributed by atoms with Crippen LogP contribution in [0.2, 0.25) is 10.0 Å². The number of Topliss-reactive ketones (excluding diaryl/α,β-unsaturated/α-hetero) is 1. The van der Waals surface area contributed by atoms with Gasteiger partial charge < -0.3 is 15.2 Å². The predicted octanol–water partition coefficient (Wildman–Crippen LogP) is 4.09. The summed E-state index contributed by atoms with van der Waals surface area (Å²) in [5, 5.41) is 0.587. The van der Waals surface area contributed by atoms with Crippen molar-refractivity contribution in [2.75, 3.05) is 7.11 Å². The van der Waals surface area contributed by atoms with Crippen LogP contribution >= 0.6 is 23.2 Å². The number of hydrogen-bond acceptors (Lipinski definition) is 5.